The Kier molecular flexibility index (Phi) is 18.5. The van der Waals surface area contributed by atoms with Crippen molar-refractivity contribution in [3.8, 4) is 6.07 Å². The average molecular weight is 290 g/mol. The summed E-state index contributed by atoms with van der Waals surface area (Å²) in [5.41, 5.74) is -1.06. The molecule has 3 heteroatoms. The van der Waals surface area contributed by atoms with Crippen LogP contribution in [-0.4, -0.2) is 11.6 Å². The second kappa shape index (κ2) is 11.8. The van der Waals surface area contributed by atoms with Gasteiger partial charge in [-0.05, 0) is 47.5 Å². The lowest BCUT2D eigenvalue weighted by molar-refractivity contribution is -0.166. The summed E-state index contributed by atoms with van der Waals surface area (Å²) in [4.78, 5) is 11.9. The molecule has 0 aromatic carbocycles. The van der Waals surface area contributed by atoms with Gasteiger partial charge >= 0.3 is 5.97 Å². The number of nitriles is 1. The molecule has 0 radical (unpaired) electrons. The predicted molar refractivity (Wildman–Crippen MR) is 90.6 cm³/mol. The van der Waals surface area contributed by atoms with E-state index in [1.54, 1.807) is 0 Å². The minimum absolute atomic E-state index is 0. The van der Waals surface area contributed by atoms with Crippen LogP contribution < -0.4 is 0 Å². The Morgan fingerprint density at radius 1 is 1.10 bits per heavy atom. The van der Waals surface area contributed by atoms with Crippen molar-refractivity contribution in [3.05, 3.63) is 0 Å². The first-order chi connectivity index (χ1) is 7.12. The molecule has 0 amide bonds. The van der Waals surface area contributed by atoms with Gasteiger partial charge in [0.25, 0.3) is 0 Å². The van der Waals surface area contributed by atoms with Gasteiger partial charge in [0, 0.05) is 5.92 Å². The maximum Gasteiger partial charge on any atom is 0.312 e. The Labute approximate surface area is 128 Å². The summed E-state index contributed by atoms with van der Waals surface area (Å²) in [6.07, 6.45) is 1.32. The van der Waals surface area contributed by atoms with Crippen LogP contribution in [0.25, 0.3) is 0 Å². The van der Waals surface area contributed by atoms with Crippen LogP contribution in [0.1, 0.15) is 84.1 Å². The first-order valence-corrected chi connectivity index (χ1v) is 5.75. The molecule has 0 aliphatic rings. The van der Waals surface area contributed by atoms with Crippen molar-refractivity contribution in [2.45, 2.75) is 89.7 Å². The number of rotatable bonds is 4. The Morgan fingerprint density at radius 2 is 1.50 bits per heavy atom. The number of esters is 1. The highest BCUT2D eigenvalue weighted by Crippen LogP contribution is 2.30. The van der Waals surface area contributed by atoms with Gasteiger partial charge in [0.2, 0.25) is 0 Å². The van der Waals surface area contributed by atoms with Gasteiger partial charge in [0.1, 0.15) is 5.60 Å². The average Bonchev–Trinajstić information content (AvgIpc) is 2.11. The lowest BCUT2D eigenvalue weighted by Gasteiger charge is -2.29. The van der Waals surface area contributed by atoms with Crippen molar-refractivity contribution in [1.82, 2.24) is 0 Å². The van der Waals surface area contributed by atoms with Crippen molar-refractivity contribution >= 4 is 5.97 Å². The van der Waals surface area contributed by atoms with Gasteiger partial charge in [-0.3, -0.25) is 4.79 Å². The van der Waals surface area contributed by atoms with Gasteiger partial charge in [-0.2, -0.15) is 5.26 Å². The van der Waals surface area contributed by atoms with Crippen LogP contribution >= 0.6 is 0 Å². The Morgan fingerprint density at radius 3 is 1.75 bits per heavy atom. The molecule has 0 heterocycles. The molecule has 1 unspecified atom stereocenters. The van der Waals surface area contributed by atoms with Gasteiger partial charge in [0.15, 0.2) is 0 Å². The summed E-state index contributed by atoms with van der Waals surface area (Å²) in [5, 5.41) is 8.90. The molecular formula is C17H39NO2. The van der Waals surface area contributed by atoms with E-state index in [4.69, 9.17) is 10.00 Å². The highest BCUT2D eigenvalue weighted by atomic mass is 16.6. The molecule has 20 heavy (non-hydrogen) atoms. The first kappa shape index (κ1) is 31.4. The number of carbonyl (C=O) groups excluding carboxylic acids is 1. The standard InChI is InChI=1S/C13H23NO2.4CH4/c1-7-10(9-14)8-13(5,6)11(15)16-12(2,3)4;;;;/h10H,7-8H2,1-6H3;4*1H4. The Balaban J connectivity index is -0.000000187. The summed E-state index contributed by atoms with van der Waals surface area (Å²) in [7, 11) is 0. The topological polar surface area (TPSA) is 50.1 Å². The van der Waals surface area contributed by atoms with Crippen molar-refractivity contribution in [3.63, 3.8) is 0 Å². The van der Waals surface area contributed by atoms with E-state index in [1.807, 2.05) is 41.5 Å². The van der Waals surface area contributed by atoms with E-state index < -0.39 is 11.0 Å². The zero-order valence-corrected chi connectivity index (χ0v) is 11.3. The largest absolute Gasteiger partial charge is 0.460 e. The molecule has 1 atom stereocenters. The molecule has 0 spiro atoms. The van der Waals surface area contributed by atoms with E-state index in [0.717, 1.165) is 6.42 Å². The molecule has 0 aromatic heterocycles. The van der Waals surface area contributed by atoms with Crippen LogP contribution in [0.15, 0.2) is 0 Å². The zero-order chi connectivity index (χ0) is 13.0. The van der Waals surface area contributed by atoms with Crippen LogP contribution in [0.5, 0.6) is 0 Å². The third kappa shape index (κ3) is 12.0. The number of hydrogen-bond acceptors (Lipinski definition) is 3. The van der Waals surface area contributed by atoms with Crippen molar-refractivity contribution in [2.75, 3.05) is 0 Å². The minimum Gasteiger partial charge on any atom is -0.460 e. The normalized spacial score (nSPS) is 11.2. The quantitative estimate of drug-likeness (QED) is 0.611. The summed E-state index contributed by atoms with van der Waals surface area (Å²) in [6.45, 7) is 11.2. The van der Waals surface area contributed by atoms with Crippen molar-refractivity contribution in [1.29, 1.82) is 5.26 Å². The minimum atomic E-state index is -0.594. The van der Waals surface area contributed by atoms with Crippen LogP contribution in [0, 0.1) is 22.7 Å². The molecule has 0 N–H and O–H groups in total. The SMILES string of the molecule is C.C.C.C.CCC(C#N)CC(C)(C)C(=O)OC(C)(C)C. The third-order valence-electron chi connectivity index (χ3n) is 2.38. The van der Waals surface area contributed by atoms with Gasteiger partial charge in [-0.1, -0.05) is 36.6 Å². The van der Waals surface area contributed by atoms with E-state index in [9.17, 15) is 4.79 Å². The van der Waals surface area contributed by atoms with Crippen LogP contribution in [0.3, 0.4) is 0 Å². The van der Waals surface area contributed by atoms with E-state index in [-0.39, 0.29) is 41.6 Å². The van der Waals surface area contributed by atoms with E-state index >= 15 is 0 Å². The molecular weight excluding hydrogens is 250 g/mol. The fourth-order valence-electron chi connectivity index (χ4n) is 1.40. The van der Waals surface area contributed by atoms with Gasteiger partial charge < -0.3 is 4.74 Å². The first-order valence-electron chi connectivity index (χ1n) is 5.75. The molecule has 3 nitrogen and oxygen atoms in total. The fourth-order valence-corrected chi connectivity index (χ4v) is 1.40. The second-order valence-corrected chi connectivity index (χ2v) is 5.82. The molecule has 0 aliphatic carbocycles. The second-order valence-electron chi connectivity index (χ2n) is 5.82. The van der Waals surface area contributed by atoms with Crippen LogP contribution in [-0.2, 0) is 9.53 Å². The Bertz CT molecular complexity index is 282. The van der Waals surface area contributed by atoms with Crippen LogP contribution in [0.2, 0.25) is 0 Å². The van der Waals surface area contributed by atoms with E-state index in [2.05, 4.69) is 6.07 Å². The summed E-state index contributed by atoms with van der Waals surface area (Å²) in [5.74, 6) is -0.309. The molecule has 0 bridgehead atoms. The molecule has 0 saturated heterocycles. The smallest absolute Gasteiger partial charge is 0.312 e. The number of hydrogen-bond donors (Lipinski definition) is 0. The maximum atomic E-state index is 11.9. The van der Waals surface area contributed by atoms with Crippen molar-refractivity contribution in [2.24, 2.45) is 11.3 Å². The molecule has 0 aromatic rings. The summed E-state index contributed by atoms with van der Waals surface area (Å²) < 4.78 is 5.34. The lowest BCUT2D eigenvalue weighted by atomic mass is 9.82. The molecule has 0 aliphatic heterocycles. The van der Waals surface area contributed by atoms with E-state index in [1.165, 1.54) is 0 Å². The highest BCUT2D eigenvalue weighted by molar-refractivity contribution is 5.76. The van der Waals surface area contributed by atoms with Gasteiger partial charge in [-0.15, -0.1) is 0 Å². The molecule has 0 rings (SSSR count). The Hall–Kier alpha value is -1.04. The molecule has 0 saturated carbocycles. The highest BCUT2D eigenvalue weighted by Gasteiger charge is 2.34. The third-order valence-corrected chi connectivity index (χ3v) is 2.38. The zero-order valence-electron chi connectivity index (χ0n) is 11.3. The monoisotopic (exact) mass is 289 g/mol. The fraction of sp³-hybridized carbons (Fsp3) is 0.882. The lowest BCUT2D eigenvalue weighted by Crippen LogP contribution is -2.35. The maximum absolute atomic E-state index is 11.9. The summed E-state index contributed by atoms with van der Waals surface area (Å²) in [6, 6.07) is 2.22. The van der Waals surface area contributed by atoms with Gasteiger partial charge in [-0.25, -0.2) is 0 Å². The predicted octanol–water partition coefficient (Wildman–Crippen LogP) is 5.84. The van der Waals surface area contributed by atoms with Crippen LogP contribution in [0.4, 0.5) is 0 Å². The van der Waals surface area contributed by atoms with Gasteiger partial charge in [0.05, 0.1) is 11.5 Å². The number of carbonyl (C=O) groups is 1. The molecule has 124 valence electrons. The molecule has 0 fully saturated rings. The summed E-state index contributed by atoms with van der Waals surface area (Å²) >= 11 is 0. The van der Waals surface area contributed by atoms with E-state index in [0.29, 0.717) is 6.42 Å². The number of nitrogens with zero attached hydrogens (tertiary/aromatic N) is 1. The van der Waals surface area contributed by atoms with Crippen molar-refractivity contribution < 1.29 is 9.53 Å². The number of ether oxygens (including phenoxy) is 1.